The number of anilines is 1. The van der Waals surface area contributed by atoms with E-state index in [0.717, 1.165) is 13.0 Å². The lowest BCUT2D eigenvalue weighted by Gasteiger charge is -2.13. The number of hydrazine groups is 1. The minimum absolute atomic E-state index is 0.197. The van der Waals surface area contributed by atoms with Crippen LogP contribution in [0, 0.1) is 0 Å². The Morgan fingerprint density at radius 3 is 3.00 bits per heavy atom. The van der Waals surface area contributed by atoms with Gasteiger partial charge in [0.25, 0.3) is 0 Å². The zero-order valence-electron chi connectivity index (χ0n) is 10.9. The van der Waals surface area contributed by atoms with Crippen molar-refractivity contribution in [3.8, 4) is 5.95 Å². The summed E-state index contributed by atoms with van der Waals surface area (Å²) in [7, 11) is 0. The predicted octanol–water partition coefficient (Wildman–Crippen LogP) is 0.612. The molecule has 0 aliphatic carbocycles. The zero-order valence-corrected chi connectivity index (χ0v) is 11.7. The van der Waals surface area contributed by atoms with Gasteiger partial charge in [0.2, 0.25) is 11.9 Å². The fraction of sp³-hybridized carbons (Fsp3) is 0.455. The molecule has 3 N–H and O–H groups in total. The highest BCUT2D eigenvalue weighted by Crippen LogP contribution is 2.30. The number of nitrogens with two attached hydrogens (primary N) is 1. The van der Waals surface area contributed by atoms with Gasteiger partial charge in [0.1, 0.15) is 6.33 Å². The highest BCUT2D eigenvalue weighted by molar-refractivity contribution is 7.99. The Kier molecular flexibility index (Phi) is 3.81. The van der Waals surface area contributed by atoms with Crippen molar-refractivity contribution in [2.45, 2.75) is 29.9 Å². The van der Waals surface area contributed by atoms with Crippen LogP contribution >= 0.6 is 11.8 Å². The minimum Gasteiger partial charge on any atom is -0.377 e. The van der Waals surface area contributed by atoms with Gasteiger partial charge in [-0.05, 0) is 13.3 Å². The maximum Gasteiger partial charge on any atom is 0.242 e. The number of imidazole rings is 1. The SMILES string of the molecule is CC1OCCC1Sc1nc(NN)nc(-n2ccnc2)n1. The van der Waals surface area contributed by atoms with Crippen molar-refractivity contribution in [2.75, 3.05) is 12.0 Å². The third kappa shape index (κ3) is 2.74. The first-order valence-electron chi connectivity index (χ1n) is 6.25. The van der Waals surface area contributed by atoms with E-state index in [2.05, 4.69) is 32.3 Å². The van der Waals surface area contributed by atoms with Crippen LogP contribution in [0.25, 0.3) is 5.95 Å². The molecule has 8 nitrogen and oxygen atoms in total. The van der Waals surface area contributed by atoms with Crippen molar-refractivity contribution in [3.05, 3.63) is 18.7 Å². The molecular weight excluding hydrogens is 278 g/mol. The third-order valence-corrected chi connectivity index (χ3v) is 4.35. The molecule has 0 spiro atoms. The average molecular weight is 293 g/mol. The fourth-order valence-electron chi connectivity index (χ4n) is 1.96. The average Bonchev–Trinajstić information content (AvgIpc) is 3.11. The molecule has 1 saturated heterocycles. The summed E-state index contributed by atoms with van der Waals surface area (Å²) >= 11 is 1.58. The normalized spacial score (nSPS) is 22.1. The Morgan fingerprint density at radius 1 is 1.45 bits per heavy atom. The lowest BCUT2D eigenvalue weighted by molar-refractivity contribution is 0.127. The van der Waals surface area contributed by atoms with Crippen LogP contribution in [0.2, 0.25) is 0 Å². The van der Waals surface area contributed by atoms with E-state index in [0.29, 0.717) is 22.3 Å². The largest absolute Gasteiger partial charge is 0.377 e. The number of nitrogens with one attached hydrogen (secondary N) is 1. The number of nitrogens with zero attached hydrogens (tertiary/aromatic N) is 5. The molecule has 0 amide bonds. The first-order valence-corrected chi connectivity index (χ1v) is 7.13. The molecule has 0 bridgehead atoms. The molecule has 2 aromatic heterocycles. The summed E-state index contributed by atoms with van der Waals surface area (Å²) in [6.45, 7) is 2.84. The molecule has 3 rings (SSSR count). The molecule has 3 heterocycles. The highest BCUT2D eigenvalue weighted by atomic mass is 32.2. The molecule has 2 unspecified atom stereocenters. The predicted molar refractivity (Wildman–Crippen MR) is 74.4 cm³/mol. The van der Waals surface area contributed by atoms with Crippen LogP contribution in [0.4, 0.5) is 5.95 Å². The molecule has 0 saturated carbocycles. The molecule has 2 aromatic rings. The first kappa shape index (κ1) is 13.3. The van der Waals surface area contributed by atoms with Crippen molar-refractivity contribution in [2.24, 2.45) is 5.84 Å². The van der Waals surface area contributed by atoms with E-state index in [-0.39, 0.29) is 6.10 Å². The second kappa shape index (κ2) is 5.73. The van der Waals surface area contributed by atoms with Crippen LogP contribution < -0.4 is 11.3 Å². The second-order valence-electron chi connectivity index (χ2n) is 4.38. The first-order chi connectivity index (χ1) is 9.76. The van der Waals surface area contributed by atoms with Gasteiger partial charge in [-0.3, -0.25) is 9.99 Å². The molecule has 0 radical (unpaired) electrons. The second-order valence-corrected chi connectivity index (χ2v) is 5.58. The van der Waals surface area contributed by atoms with Gasteiger partial charge in [-0.25, -0.2) is 10.8 Å². The number of hydrogen-bond donors (Lipinski definition) is 2. The van der Waals surface area contributed by atoms with Crippen LogP contribution in [0.5, 0.6) is 0 Å². The quantitative estimate of drug-likeness (QED) is 0.624. The molecule has 106 valence electrons. The van der Waals surface area contributed by atoms with Gasteiger partial charge < -0.3 is 4.74 Å². The maximum atomic E-state index is 5.55. The lowest BCUT2D eigenvalue weighted by Crippen LogP contribution is -2.17. The topological polar surface area (TPSA) is 104 Å². The summed E-state index contributed by atoms with van der Waals surface area (Å²) in [5.41, 5.74) is 2.47. The Bertz CT molecular complexity index is 576. The van der Waals surface area contributed by atoms with Crippen LogP contribution in [0.1, 0.15) is 13.3 Å². The molecule has 2 atom stereocenters. The Morgan fingerprint density at radius 2 is 2.35 bits per heavy atom. The van der Waals surface area contributed by atoms with Crippen LogP contribution in [0.3, 0.4) is 0 Å². The fourth-order valence-corrected chi connectivity index (χ4v) is 2.99. The molecule has 20 heavy (non-hydrogen) atoms. The van der Waals surface area contributed by atoms with Gasteiger partial charge in [0.15, 0.2) is 5.16 Å². The van der Waals surface area contributed by atoms with Crippen LogP contribution in [-0.2, 0) is 4.74 Å². The number of rotatable bonds is 4. The molecule has 0 aromatic carbocycles. The number of thioether (sulfide) groups is 1. The number of hydrogen-bond acceptors (Lipinski definition) is 8. The molecule has 1 aliphatic heterocycles. The van der Waals surface area contributed by atoms with Gasteiger partial charge in [-0.15, -0.1) is 0 Å². The van der Waals surface area contributed by atoms with Gasteiger partial charge in [0.05, 0.1) is 6.10 Å². The van der Waals surface area contributed by atoms with Crippen LogP contribution in [-0.4, -0.2) is 42.5 Å². The van der Waals surface area contributed by atoms with Crippen molar-refractivity contribution in [3.63, 3.8) is 0 Å². The Hall–Kier alpha value is -1.71. The summed E-state index contributed by atoms with van der Waals surface area (Å²) in [5.74, 6) is 6.23. The van der Waals surface area contributed by atoms with E-state index in [9.17, 15) is 0 Å². The van der Waals surface area contributed by atoms with E-state index in [1.54, 1.807) is 35.0 Å². The van der Waals surface area contributed by atoms with Gasteiger partial charge in [-0.2, -0.15) is 15.0 Å². The third-order valence-electron chi connectivity index (χ3n) is 3.03. The summed E-state index contributed by atoms with van der Waals surface area (Å²) in [6, 6.07) is 0. The summed E-state index contributed by atoms with van der Waals surface area (Å²) in [6.07, 6.45) is 6.25. The highest BCUT2D eigenvalue weighted by Gasteiger charge is 2.26. The van der Waals surface area contributed by atoms with Crippen LogP contribution in [0.15, 0.2) is 23.9 Å². The van der Waals surface area contributed by atoms with E-state index in [1.165, 1.54) is 0 Å². The number of aromatic nitrogens is 5. The molecule has 9 heteroatoms. The Labute approximate surface area is 120 Å². The van der Waals surface area contributed by atoms with E-state index < -0.39 is 0 Å². The molecule has 1 fully saturated rings. The lowest BCUT2D eigenvalue weighted by atomic mass is 10.3. The van der Waals surface area contributed by atoms with Crippen molar-refractivity contribution in [1.29, 1.82) is 0 Å². The smallest absolute Gasteiger partial charge is 0.242 e. The van der Waals surface area contributed by atoms with Crippen molar-refractivity contribution in [1.82, 2.24) is 24.5 Å². The van der Waals surface area contributed by atoms with Gasteiger partial charge >= 0.3 is 0 Å². The van der Waals surface area contributed by atoms with E-state index in [4.69, 9.17) is 10.6 Å². The monoisotopic (exact) mass is 293 g/mol. The van der Waals surface area contributed by atoms with E-state index in [1.807, 2.05) is 0 Å². The number of ether oxygens (including phenoxy) is 1. The van der Waals surface area contributed by atoms with Gasteiger partial charge in [-0.1, -0.05) is 11.8 Å². The standard InChI is InChI=1S/C11H15N7OS/c1-7-8(2-5-19-7)20-11-15-9(17-12)14-10(16-11)18-4-3-13-6-18/h3-4,6-8H,2,5,12H2,1H3,(H,14,15,16,17). The molecule has 1 aliphatic rings. The summed E-state index contributed by atoms with van der Waals surface area (Å²) in [5, 5.41) is 0.970. The van der Waals surface area contributed by atoms with E-state index >= 15 is 0 Å². The minimum atomic E-state index is 0.197. The summed E-state index contributed by atoms with van der Waals surface area (Å²) < 4.78 is 7.26. The van der Waals surface area contributed by atoms with Crippen molar-refractivity contribution >= 4 is 17.7 Å². The zero-order chi connectivity index (χ0) is 13.9. The number of nitrogen functional groups attached to an aromatic ring is 1. The summed E-state index contributed by atoms with van der Waals surface area (Å²) in [4.78, 5) is 16.9. The molecular formula is C11H15N7OS. The van der Waals surface area contributed by atoms with Gasteiger partial charge in [0, 0.05) is 24.3 Å². The van der Waals surface area contributed by atoms with Crippen molar-refractivity contribution < 1.29 is 4.74 Å². The maximum absolute atomic E-state index is 5.55. The Balaban J connectivity index is 1.88.